The smallest absolute Gasteiger partial charge is 0.303 e. The van der Waals surface area contributed by atoms with Crippen molar-refractivity contribution in [3.8, 4) is 0 Å². The quantitative estimate of drug-likeness (QED) is 0.241. The Kier molecular flexibility index (Phi) is 15.2. The van der Waals surface area contributed by atoms with Crippen molar-refractivity contribution in [2.24, 2.45) is 0 Å². The first kappa shape index (κ1) is 23.6. The third kappa shape index (κ3) is 15.9. The third-order valence-electron chi connectivity index (χ3n) is 3.41. The lowest BCUT2D eigenvalue weighted by atomic mass is 10.1. The van der Waals surface area contributed by atoms with Crippen molar-refractivity contribution in [3.63, 3.8) is 0 Å². The highest BCUT2D eigenvalue weighted by molar-refractivity contribution is 6.22. The number of aliphatic hydroxyl groups excluding tert-OH is 2. The van der Waals surface area contributed by atoms with E-state index in [-0.39, 0.29) is 6.42 Å². The molecule has 0 aliphatic carbocycles. The number of aliphatic hydroxyl groups is 2. The predicted octanol–water partition coefficient (Wildman–Crippen LogP) is 4.38. The molecule has 0 spiro atoms. The van der Waals surface area contributed by atoms with Crippen molar-refractivity contribution in [2.75, 3.05) is 0 Å². The van der Waals surface area contributed by atoms with E-state index in [2.05, 4.69) is 19.1 Å². The SMILES string of the molecule is CC/C=C\C/C=C\CC(O)C(Cl)/C=C\C(O)C/C=C\CCCC(=O)O. The molecule has 3 atom stereocenters. The fourth-order valence-corrected chi connectivity index (χ4v) is 2.16. The van der Waals surface area contributed by atoms with E-state index in [0.29, 0.717) is 25.7 Å². The molecule has 0 heterocycles. The molecule has 0 fully saturated rings. The van der Waals surface area contributed by atoms with Crippen molar-refractivity contribution in [1.29, 1.82) is 0 Å². The topological polar surface area (TPSA) is 77.8 Å². The van der Waals surface area contributed by atoms with E-state index in [4.69, 9.17) is 16.7 Å². The Morgan fingerprint density at radius 3 is 2.36 bits per heavy atom. The number of aliphatic carboxylic acids is 1. The number of carboxylic acids is 1. The van der Waals surface area contributed by atoms with Crippen molar-refractivity contribution in [2.45, 2.75) is 69.5 Å². The van der Waals surface area contributed by atoms with Crippen LogP contribution in [0.15, 0.2) is 48.6 Å². The van der Waals surface area contributed by atoms with Crippen LogP contribution in [0, 0.1) is 0 Å². The van der Waals surface area contributed by atoms with Crippen LogP contribution in [0.25, 0.3) is 0 Å². The number of hydrogen-bond acceptors (Lipinski definition) is 3. The van der Waals surface area contributed by atoms with Gasteiger partial charge < -0.3 is 15.3 Å². The molecule has 3 unspecified atom stereocenters. The lowest BCUT2D eigenvalue weighted by molar-refractivity contribution is -0.137. The molecule has 0 radical (unpaired) electrons. The summed E-state index contributed by atoms with van der Waals surface area (Å²) in [4.78, 5) is 10.4. The normalized spacial score (nSPS) is 16.3. The molecule has 0 aromatic rings. The summed E-state index contributed by atoms with van der Waals surface area (Å²) in [6.45, 7) is 2.08. The molecular weight excluding hydrogens is 340 g/mol. The van der Waals surface area contributed by atoms with Gasteiger partial charge in [-0.05, 0) is 38.5 Å². The second kappa shape index (κ2) is 16.1. The summed E-state index contributed by atoms with van der Waals surface area (Å²) in [6.07, 6.45) is 17.8. The molecular formula is C20H31ClO4. The summed E-state index contributed by atoms with van der Waals surface area (Å²) in [5.41, 5.74) is 0. The predicted molar refractivity (Wildman–Crippen MR) is 104 cm³/mol. The molecule has 0 aliphatic heterocycles. The molecule has 142 valence electrons. The number of carboxylic acid groups (broad SMARTS) is 1. The van der Waals surface area contributed by atoms with Crippen LogP contribution >= 0.6 is 11.6 Å². The minimum absolute atomic E-state index is 0.155. The lowest BCUT2D eigenvalue weighted by Crippen LogP contribution is -2.18. The Balaban J connectivity index is 3.97. The highest BCUT2D eigenvalue weighted by atomic mass is 35.5. The molecule has 0 aliphatic rings. The van der Waals surface area contributed by atoms with Crippen LogP contribution in [-0.2, 0) is 4.79 Å². The van der Waals surface area contributed by atoms with Crippen molar-refractivity contribution in [1.82, 2.24) is 0 Å². The molecule has 0 amide bonds. The van der Waals surface area contributed by atoms with E-state index in [1.165, 1.54) is 0 Å². The van der Waals surface area contributed by atoms with E-state index < -0.39 is 23.6 Å². The third-order valence-corrected chi connectivity index (χ3v) is 3.85. The fraction of sp³-hybridized carbons (Fsp3) is 0.550. The second-order valence-corrected chi connectivity index (χ2v) is 6.28. The van der Waals surface area contributed by atoms with Crippen LogP contribution in [-0.4, -0.2) is 38.9 Å². The molecule has 5 heteroatoms. The average Bonchev–Trinajstić information content (AvgIpc) is 2.58. The Morgan fingerprint density at radius 1 is 1.00 bits per heavy atom. The van der Waals surface area contributed by atoms with Gasteiger partial charge in [0.2, 0.25) is 0 Å². The maximum absolute atomic E-state index is 10.4. The van der Waals surface area contributed by atoms with Crippen LogP contribution in [0.4, 0.5) is 0 Å². The monoisotopic (exact) mass is 370 g/mol. The first-order valence-corrected chi connectivity index (χ1v) is 9.26. The Bertz CT molecular complexity index is 455. The number of rotatable bonds is 14. The molecule has 0 aromatic carbocycles. The zero-order chi connectivity index (χ0) is 18.9. The number of halogens is 1. The molecule has 3 N–H and O–H groups in total. The minimum atomic E-state index is -0.796. The highest BCUT2D eigenvalue weighted by Crippen LogP contribution is 2.11. The first-order valence-electron chi connectivity index (χ1n) is 8.82. The molecule has 0 saturated heterocycles. The van der Waals surface area contributed by atoms with Gasteiger partial charge in [-0.1, -0.05) is 55.5 Å². The summed E-state index contributed by atoms with van der Waals surface area (Å²) >= 11 is 6.10. The molecule has 0 aromatic heterocycles. The van der Waals surface area contributed by atoms with Crippen molar-refractivity contribution in [3.05, 3.63) is 48.6 Å². The van der Waals surface area contributed by atoms with Crippen LogP contribution < -0.4 is 0 Å². The first-order chi connectivity index (χ1) is 12.0. The van der Waals surface area contributed by atoms with Crippen LogP contribution in [0.2, 0.25) is 0 Å². The summed E-state index contributed by atoms with van der Waals surface area (Å²) in [5.74, 6) is -0.796. The largest absolute Gasteiger partial charge is 0.481 e. The van der Waals surface area contributed by atoms with E-state index >= 15 is 0 Å². The maximum atomic E-state index is 10.4. The average molecular weight is 371 g/mol. The number of unbranched alkanes of at least 4 members (excludes halogenated alkanes) is 1. The Morgan fingerprint density at radius 2 is 1.68 bits per heavy atom. The van der Waals surface area contributed by atoms with Crippen LogP contribution in [0.5, 0.6) is 0 Å². The lowest BCUT2D eigenvalue weighted by Gasteiger charge is -2.12. The molecule has 0 bridgehead atoms. The summed E-state index contributed by atoms with van der Waals surface area (Å²) in [5, 5.41) is 27.7. The van der Waals surface area contributed by atoms with Gasteiger partial charge in [-0.25, -0.2) is 0 Å². The van der Waals surface area contributed by atoms with Gasteiger partial charge in [0.15, 0.2) is 0 Å². The standard InChI is InChI=1S/C20H31ClO4/c1-2-3-4-5-6-10-13-19(23)18(21)16-15-17(22)12-9-7-8-11-14-20(24)25/h3-4,6-7,9-10,15-19,22-23H,2,5,8,11-14H2,1H3,(H,24,25)/b4-3-,9-7-,10-6-,16-15-. The van der Waals surface area contributed by atoms with Crippen LogP contribution in [0.3, 0.4) is 0 Å². The van der Waals surface area contributed by atoms with Crippen molar-refractivity contribution >= 4 is 17.6 Å². The van der Waals surface area contributed by atoms with E-state index in [0.717, 1.165) is 12.8 Å². The Labute approximate surface area is 156 Å². The van der Waals surface area contributed by atoms with Crippen molar-refractivity contribution < 1.29 is 20.1 Å². The molecule has 0 saturated carbocycles. The van der Waals surface area contributed by atoms with Gasteiger partial charge in [-0.3, -0.25) is 4.79 Å². The zero-order valence-electron chi connectivity index (χ0n) is 14.9. The number of carbonyl (C=O) groups is 1. The van der Waals surface area contributed by atoms with Gasteiger partial charge in [-0.15, -0.1) is 11.6 Å². The minimum Gasteiger partial charge on any atom is -0.481 e. The highest BCUT2D eigenvalue weighted by Gasteiger charge is 2.11. The van der Waals surface area contributed by atoms with Crippen LogP contribution in [0.1, 0.15) is 51.9 Å². The van der Waals surface area contributed by atoms with Gasteiger partial charge in [0, 0.05) is 6.42 Å². The molecule has 4 nitrogen and oxygen atoms in total. The molecule has 25 heavy (non-hydrogen) atoms. The fourth-order valence-electron chi connectivity index (χ4n) is 1.97. The molecule has 0 rings (SSSR count). The maximum Gasteiger partial charge on any atom is 0.303 e. The number of allylic oxidation sites excluding steroid dienone is 4. The van der Waals surface area contributed by atoms with Gasteiger partial charge in [0.05, 0.1) is 17.6 Å². The van der Waals surface area contributed by atoms with Gasteiger partial charge in [0.25, 0.3) is 0 Å². The zero-order valence-corrected chi connectivity index (χ0v) is 15.7. The second-order valence-electron chi connectivity index (χ2n) is 5.78. The van der Waals surface area contributed by atoms with Gasteiger partial charge in [0.1, 0.15) is 0 Å². The summed E-state index contributed by atoms with van der Waals surface area (Å²) < 4.78 is 0. The van der Waals surface area contributed by atoms with Gasteiger partial charge in [-0.2, -0.15) is 0 Å². The number of alkyl halides is 1. The summed E-state index contributed by atoms with van der Waals surface area (Å²) in [7, 11) is 0. The van der Waals surface area contributed by atoms with E-state index in [1.54, 1.807) is 12.2 Å². The number of hydrogen-bond donors (Lipinski definition) is 3. The summed E-state index contributed by atoms with van der Waals surface area (Å²) in [6, 6.07) is 0. The van der Waals surface area contributed by atoms with E-state index in [1.807, 2.05) is 24.3 Å². The van der Waals surface area contributed by atoms with Gasteiger partial charge >= 0.3 is 5.97 Å². The van der Waals surface area contributed by atoms with E-state index in [9.17, 15) is 15.0 Å². The Hall–Kier alpha value is -1.36.